The van der Waals surface area contributed by atoms with Crippen molar-refractivity contribution in [2.75, 3.05) is 0 Å². The Morgan fingerprint density at radius 3 is 2.43 bits per heavy atom. The first kappa shape index (κ1) is 15.7. The van der Waals surface area contributed by atoms with Crippen molar-refractivity contribution >= 4 is 17.3 Å². The molecule has 1 aromatic carbocycles. The highest BCUT2D eigenvalue weighted by Crippen LogP contribution is 2.21. The molecule has 0 radical (unpaired) electrons. The van der Waals surface area contributed by atoms with E-state index < -0.39 is 5.97 Å². The van der Waals surface area contributed by atoms with Crippen LogP contribution in [0.3, 0.4) is 0 Å². The number of hydrogen-bond acceptors (Lipinski definition) is 3. The van der Waals surface area contributed by atoms with Gasteiger partial charge in [-0.15, -0.1) is 11.3 Å². The van der Waals surface area contributed by atoms with Gasteiger partial charge >= 0.3 is 5.97 Å². The molecule has 2 aromatic rings. The Labute approximate surface area is 129 Å². The highest BCUT2D eigenvalue weighted by atomic mass is 32.1. The number of nitrogens with one attached hydrogen (secondary N) is 1. The van der Waals surface area contributed by atoms with Gasteiger partial charge in [-0.05, 0) is 35.6 Å². The van der Waals surface area contributed by atoms with E-state index >= 15 is 0 Å². The molecule has 1 aromatic heterocycles. The first-order valence-corrected chi connectivity index (χ1v) is 7.91. The van der Waals surface area contributed by atoms with Crippen molar-refractivity contribution in [1.29, 1.82) is 0 Å². The quantitative estimate of drug-likeness (QED) is 0.842. The molecule has 0 spiro atoms. The number of carboxylic acid groups (broad SMARTS) is 1. The average molecular weight is 303 g/mol. The van der Waals surface area contributed by atoms with E-state index in [-0.39, 0.29) is 0 Å². The average Bonchev–Trinajstić information content (AvgIpc) is 2.81. The normalized spacial score (nSPS) is 11.0. The molecule has 0 atom stereocenters. The number of carboxylic acids is 1. The Morgan fingerprint density at radius 1 is 1.24 bits per heavy atom. The van der Waals surface area contributed by atoms with Crippen molar-refractivity contribution in [2.24, 2.45) is 0 Å². The fraction of sp³-hybridized carbons (Fsp3) is 0.353. The molecule has 0 fully saturated rings. The van der Waals surface area contributed by atoms with Crippen LogP contribution in [-0.4, -0.2) is 11.1 Å². The van der Waals surface area contributed by atoms with Gasteiger partial charge in [0.2, 0.25) is 0 Å². The molecule has 0 aliphatic rings. The zero-order valence-electron chi connectivity index (χ0n) is 12.6. The van der Waals surface area contributed by atoms with Crippen LogP contribution in [0.2, 0.25) is 0 Å². The zero-order valence-corrected chi connectivity index (χ0v) is 13.5. The Bertz CT molecular complexity index is 614. The van der Waals surface area contributed by atoms with Crippen LogP contribution < -0.4 is 5.32 Å². The van der Waals surface area contributed by atoms with Gasteiger partial charge in [-0.1, -0.05) is 38.1 Å². The fourth-order valence-corrected chi connectivity index (χ4v) is 3.04. The molecule has 0 aliphatic heterocycles. The Morgan fingerprint density at radius 2 is 1.90 bits per heavy atom. The topological polar surface area (TPSA) is 49.3 Å². The van der Waals surface area contributed by atoms with Crippen molar-refractivity contribution in [3.8, 4) is 0 Å². The van der Waals surface area contributed by atoms with Gasteiger partial charge in [-0.3, -0.25) is 0 Å². The lowest BCUT2D eigenvalue weighted by atomic mass is 10.0. The third-order valence-corrected chi connectivity index (χ3v) is 4.60. The van der Waals surface area contributed by atoms with E-state index in [1.807, 2.05) is 6.92 Å². The molecular weight excluding hydrogens is 282 g/mol. The molecule has 0 bridgehead atoms. The van der Waals surface area contributed by atoms with Crippen LogP contribution in [0.25, 0.3) is 0 Å². The molecule has 3 nitrogen and oxygen atoms in total. The van der Waals surface area contributed by atoms with Crippen molar-refractivity contribution in [3.63, 3.8) is 0 Å². The lowest BCUT2D eigenvalue weighted by Crippen LogP contribution is -2.12. The second-order valence-electron chi connectivity index (χ2n) is 5.50. The van der Waals surface area contributed by atoms with Crippen LogP contribution in [0.4, 0.5) is 0 Å². The van der Waals surface area contributed by atoms with Gasteiger partial charge in [0.05, 0.1) is 0 Å². The van der Waals surface area contributed by atoms with E-state index in [0.29, 0.717) is 17.3 Å². The number of thiophene rings is 1. The molecular formula is C17H21NO2S. The monoisotopic (exact) mass is 303 g/mol. The third kappa shape index (κ3) is 4.16. The van der Waals surface area contributed by atoms with Gasteiger partial charge in [-0.25, -0.2) is 4.79 Å². The summed E-state index contributed by atoms with van der Waals surface area (Å²) in [5, 5.41) is 12.4. The second kappa shape index (κ2) is 6.87. The van der Waals surface area contributed by atoms with Gasteiger partial charge in [-0.2, -0.15) is 0 Å². The summed E-state index contributed by atoms with van der Waals surface area (Å²) in [6, 6.07) is 10.4. The maximum atomic E-state index is 10.9. The maximum absolute atomic E-state index is 10.9. The van der Waals surface area contributed by atoms with Gasteiger partial charge in [0.25, 0.3) is 0 Å². The van der Waals surface area contributed by atoms with Crippen molar-refractivity contribution in [1.82, 2.24) is 5.32 Å². The van der Waals surface area contributed by atoms with E-state index in [0.717, 1.165) is 17.0 Å². The molecule has 0 saturated heterocycles. The molecule has 0 aliphatic carbocycles. The predicted octanol–water partition coefficient (Wildman–Crippen LogP) is 4.17. The zero-order chi connectivity index (χ0) is 15.4. The van der Waals surface area contributed by atoms with Gasteiger partial charge < -0.3 is 10.4 Å². The molecule has 2 N–H and O–H groups in total. The number of aryl methyl sites for hydroxylation is 1. The van der Waals surface area contributed by atoms with E-state index in [2.05, 4.69) is 43.4 Å². The number of hydrogen-bond donors (Lipinski definition) is 2. The van der Waals surface area contributed by atoms with Crippen molar-refractivity contribution in [2.45, 2.75) is 39.8 Å². The minimum absolute atomic E-state index is 0.408. The lowest BCUT2D eigenvalue weighted by molar-refractivity contribution is 0.0702. The molecule has 112 valence electrons. The maximum Gasteiger partial charge on any atom is 0.345 e. The molecule has 0 saturated carbocycles. The number of carbonyl (C=O) groups is 1. The molecule has 4 heteroatoms. The highest BCUT2D eigenvalue weighted by molar-refractivity contribution is 7.14. The summed E-state index contributed by atoms with van der Waals surface area (Å²) in [6.07, 6.45) is 0. The van der Waals surface area contributed by atoms with Crippen LogP contribution in [-0.2, 0) is 13.1 Å². The summed E-state index contributed by atoms with van der Waals surface area (Å²) in [5.74, 6) is -0.298. The van der Waals surface area contributed by atoms with Gasteiger partial charge in [0.15, 0.2) is 0 Å². The first-order chi connectivity index (χ1) is 9.97. The molecule has 2 rings (SSSR count). The summed E-state index contributed by atoms with van der Waals surface area (Å²) in [5.41, 5.74) is 3.65. The summed E-state index contributed by atoms with van der Waals surface area (Å²) >= 11 is 1.33. The standard InChI is InChI=1S/C17H21NO2S/c1-11(2)14-6-4-13(5-7-14)9-18-10-15-8-16(17(19)20)21-12(15)3/h4-8,11,18H,9-10H2,1-3H3,(H,19,20). The number of benzene rings is 1. The van der Waals surface area contributed by atoms with E-state index in [1.54, 1.807) is 6.07 Å². The number of rotatable bonds is 6. The third-order valence-electron chi connectivity index (χ3n) is 3.52. The summed E-state index contributed by atoms with van der Waals surface area (Å²) in [6.45, 7) is 7.82. The lowest BCUT2D eigenvalue weighted by Gasteiger charge is -2.08. The van der Waals surface area contributed by atoms with Crippen LogP contribution in [0.1, 0.15) is 51.0 Å². The summed E-state index contributed by atoms with van der Waals surface area (Å²) in [4.78, 5) is 12.4. The van der Waals surface area contributed by atoms with Gasteiger partial charge in [0.1, 0.15) is 4.88 Å². The Kier molecular flexibility index (Phi) is 5.15. The van der Waals surface area contributed by atoms with Crippen molar-refractivity contribution in [3.05, 3.63) is 56.8 Å². The molecule has 0 amide bonds. The van der Waals surface area contributed by atoms with Gasteiger partial charge in [0, 0.05) is 18.0 Å². The van der Waals surface area contributed by atoms with E-state index in [9.17, 15) is 4.79 Å². The predicted molar refractivity (Wildman–Crippen MR) is 87.1 cm³/mol. The van der Waals surface area contributed by atoms with Crippen LogP contribution >= 0.6 is 11.3 Å². The summed E-state index contributed by atoms with van der Waals surface area (Å²) in [7, 11) is 0. The minimum atomic E-state index is -0.848. The van der Waals surface area contributed by atoms with E-state index in [4.69, 9.17) is 5.11 Å². The SMILES string of the molecule is Cc1sc(C(=O)O)cc1CNCc1ccc(C(C)C)cc1. The molecule has 21 heavy (non-hydrogen) atoms. The van der Waals surface area contributed by atoms with Crippen LogP contribution in [0.5, 0.6) is 0 Å². The Balaban J connectivity index is 1.90. The minimum Gasteiger partial charge on any atom is -0.477 e. The summed E-state index contributed by atoms with van der Waals surface area (Å²) < 4.78 is 0. The largest absolute Gasteiger partial charge is 0.477 e. The fourth-order valence-electron chi connectivity index (χ4n) is 2.16. The molecule has 1 heterocycles. The van der Waals surface area contributed by atoms with Crippen LogP contribution in [0.15, 0.2) is 30.3 Å². The smallest absolute Gasteiger partial charge is 0.345 e. The van der Waals surface area contributed by atoms with E-state index in [1.165, 1.54) is 22.5 Å². The Hall–Kier alpha value is -1.65. The van der Waals surface area contributed by atoms with Crippen molar-refractivity contribution < 1.29 is 9.90 Å². The first-order valence-electron chi connectivity index (χ1n) is 7.09. The number of aromatic carboxylic acids is 1. The van der Waals surface area contributed by atoms with Crippen LogP contribution in [0, 0.1) is 6.92 Å². The molecule has 0 unspecified atom stereocenters. The second-order valence-corrected chi connectivity index (χ2v) is 6.75. The highest BCUT2D eigenvalue weighted by Gasteiger charge is 2.10.